The van der Waals surface area contributed by atoms with E-state index in [9.17, 15) is 4.79 Å². The summed E-state index contributed by atoms with van der Waals surface area (Å²) >= 11 is 0. The highest BCUT2D eigenvalue weighted by Gasteiger charge is 2.05. The average Bonchev–Trinajstić information content (AvgIpc) is 2.44. The van der Waals surface area contributed by atoms with Crippen LogP contribution < -0.4 is 10.1 Å². The topological polar surface area (TPSA) is 58.6 Å². The lowest BCUT2D eigenvalue weighted by molar-refractivity contribution is -0.123. The molecular formula is C16H25NO3. The largest absolute Gasteiger partial charge is 0.483 e. The van der Waals surface area contributed by atoms with E-state index in [1.165, 1.54) is 0 Å². The number of carbonyl (C=O) groups excluding carboxylic acids is 1. The second-order valence-corrected chi connectivity index (χ2v) is 4.97. The molecule has 1 aromatic rings. The van der Waals surface area contributed by atoms with Crippen molar-refractivity contribution in [2.45, 2.75) is 39.5 Å². The summed E-state index contributed by atoms with van der Waals surface area (Å²) < 4.78 is 5.53. The molecule has 112 valence electrons. The fraction of sp³-hybridized carbons (Fsp3) is 0.562. The summed E-state index contributed by atoms with van der Waals surface area (Å²) in [5, 5.41) is 11.5. The van der Waals surface area contributed by atoms with E-state index >= 15 is 0 Å². The van der Waals surface area contributed by atoms with Crippen molar-refractivity contribution in [2.75, 3.05) is 19.8 Å². The molecule has 0 unspecified atom stereocenters. The fourth-order valence-corrected chi connectivity index (χ4v) is 1.89. The molecule has 4 nitrogen and oxygen atoms in total. The minimum atomic E-state index is -0.0898. The Hall–Kier alpha value is -1.55. The van der Waals surface area contributed by atoms with Crippen LogP contribution in [0.2, 0.25) is 0 Å². The molecule has 0 aliphatic rings. The highest BCUT2D eigenvalue weighted by molar-refractivity contribution is 5.77. The van der Waals surface area contributed by atoms with E-state index in [2.05, 4.69) is 5.32 Å². The maximum absolute atomic E-state index is 11.6. The quantitative estimate of drug-likeness (QED) is 0.682. The third-order valence-electron chi connectivity index (χ3n) is 3.32. The molecular weight excluding hydrogens is 254 g/mol. The molecule has 0 aliphatic heterocycles. The Kier molecular flexibility index (Phi) is 7.73. The number of aryl methyl sites for hydroxylation is 1. The highest BCUT2D eigenvalue weighted by atomic mass is 16.5. The molecule has 0 spiro atoms. The van der Waals surface area contributed by atoms with Crippen LogP contribution in [0.5, 0.6) is 5.75 Å². The van der Waals surface area contributed by atoms with Gasteiger partial charge in [0.15, 0.2) is 6.61 Å². The van der Waals surface area contributed by atoms with Gasteiger partial charge in [-0.3, -0.25) is 4.79 Å². The molecule has 20 heavy (non-hydrogen) atoms. The first-order chi connectivity index (χ1) is 9.65. The molecule has 1 amide bonds. The first kappa shape index (κ1) is 16.5. The Morgan fingerprint density at radius 1 is 1.20 bits per heavy atom. The van der Waals surface area contributed by atoms with Crippen molar-refractivity contribution in [1.82, 2.24) is 5.32 Å². The van der Waals surface area contributed by atoms with Crippen LogP contribution in [0.25, 0.3) is 0 Å². The Morgan fingerprint density at radius 3 is 2.70 bits per heavy atom. The van der Waals surface area contributed by atoms with E-state index in [1.807, 2.05) is 32.0 Å². The van der Waals surface area contributed by atoms with Crippen LogP contribution in [0.1, 0.15) is 36.8 Å². The minimum absolute atomic E-state index is 0.0565. The SMILES string of the molecule is Cc1cccc(OCC(=O)NCCCCCCO)c1C. The summed E-state index contributed by atoms with van der Waals surface area (Å²) in [7, 11) is 0. The van der Waals surface area contributed by atoms with Crippen molar-refractivity contribution >= 4 is 5.91 Å². The van der Waals surface area contributed by atoms with Gasteiger partial charge in [0.1, 0.15) is 5.75 Å². The van der Waals surface area contributed by atoms with Crippen LogP contribution in [0.15, 0.2) is 18.2 Å². The maximum atomic E-state index is 11.6. The molecule has 0 atom stereocenters. The zero-order chi connectivity index (χ0) is 14.8. The van der Waals surface area contributed by atoms with Crippen molar-refractivity contribution in [1.29, 1.82) is 0 Å². The van der Waals surface area contributed by atoms with Gasteiger partial charge in [0.25, 0.3) is 5.91 Å². The van der Waals surface area contributed by atoms with E-state index in [4.69, 9.17) is 9.84 Å². The summed E-state index contributed by atoms with van der Waals surface area (Å²) in [6, 6.07) is 5.83. The molecule has 1 aromatic carbocycles. The predicted molar refractivity (Wildman–Crippen MR) is 80.0 cm³/mol. The monoisotopic (exact) mass is 279 g/mol. The van der Waals surface area contributed by atoms with Gasteiger partial charge in [-0.2, -0.15) is 0 Å². The number of aliphatic hydroxyl groups is 1. The van der Waals surface area contributed by atoms with Gasteiger partial charge in [-0.1, -0.05) is 25.0 Å². The van der Waals surface area contributed by atoms with Crippen molar-refractivity contribution in [3.05, 3.63) is 29.3 Å². The van der Waals surface area contributed by atoms with E-state index in [-0.39, 0.29) is 19.1 Å². The Bertz CT molecular complexity index is 418. The highest BCUT2D eigenvalue weighted by Crippen LogP contribution is 2.20. The van der Waals surface area contributed by atoms with Crippen LogP contribution in [0.4, 0.5) is 0 Å². The Morgan fingerprint density at radius 2 is 1.95 bits per heavy atom. The number of benzene rings is 1. The zero-order valence-corrected chi connectivity index (χ0v) is 12.4. The zero-order valence-electron chi connectivity index (χ0n) is 12.4. The summed E-state index contributed by atoms with van der Waals surface area (Å²) in [6.45, 7) is 4.98. The Labute approximate surface area is 121 Å². The van der Waals surface area contributed by atoms with E-state index in [0.717, 1.165) is 42.6 Å². The average molecular weight is 279 g/mol. The number of carbonyl (C=O) groups is 1. The van der Waals surface area contributed by atoms with Crippen molar-refractivity contribution < 1.29 is 14.6 Å². The number of amides is 1. The minimum Gasteiger partial charge on any atom is -0.483 e. The number of hydrogen-bond acceptors (Lipinski definition) is 3. The van der Waals surface area contributed by atoms with Crippen LogP contribution in [0, 0.1) is 13.8 Å². The van der Waals surface area contributed by atoms with Crippen molar-refractivity contribution in [3.8, 4) is 5.75 Å². The summed E-state index contributed by atoms with van der Waals surface area (Å²) in [6.07, 6.45) is 3.81. The number of aliphatic hydroxyl groups excluding tert-OH is 1. The van der Waals surface area contributed by atoms with Crippen molar-refractivity contribution in [2.24, 2.45) is 0 Å². The van der Waals surface area contributed by atoms with Gasteiger partial charge in [0.2, 0.25) is 0 Å². The Balaban J connectivity index is 2.18. The number of rotatable bonds is 9. The predicted octanol–water partition coefficient (Wildman–Crippen LogP) is 2.35. The van der Waals surface area contributed by atoms with Crippen molar-refractivity contribution in [3.63, 3.8) is 0 Å². The molecule has 0 saturated heterocycles. The third-order valence-corrected chi connectivity index (χ3v) is 3.32. The normalized spacial score (nSPS) is 10.3. The molecule has 4 heteroatoms. The first-order valence-corrected chi connectivity index (χ1v) is 7.21. The summed E-state index contributed by atoms with van der Waals surface area (Å²) in [4.78, 5) is 11.6. The number of unbranched alkanes of at least 4 members (excludes halogenated alkanes) is 3. The molecule has 0 aromatic heterocycles. The van der Waals surface area contributed by atoms with Gasteiger partial charge in [0.05, 0.1) is 0 Å². The summed E-state index contributed by atoms with van der Waals surface area (Å²) in [5.41, 5.74) is 2.23. The fourth-order valence-electron chi connectivity index (χ4n) is 1.89. The summed E-state index contributed by atoms with van der Waals surface area (Å²) in [5.74, 6) is 0.677. The van der Waals surface area contributed by atoms with Crippen LogP contribution >= 0.6 is 0 Å². The number of nitrogens with one attached hydrogen (secondary N) is 1. The lowest BCUT2D eigenvalue weighted by Gasteiger charge is -2.11. The molecule has 0 bridgehead atoms. The standard InChI is InChI=1S/C16H25NO3/c1-13-8-7-9-15(14(13)2)20-12-16(19)17-10-5-3-4-6-11-18/h7-9,18H,3-6,10-12H2,1-2H3,(H,17,19). The second-order valence-electron chi connectivity index (χ2n) is 4.97. The third kappa shape index (κ3) is 6.06. The molecule has 0 aliphatic carbocycles. The van der Waals surface area contributed by atoms with Gasteiger partial charge in [0, 0.05) is 13.2 Å². The number of hydrogen-bond donors (Lipinski definition) is 2. The van der Waals surface area contributed by atoms with Crippen LogP contribution in [0.3, 0.4) is 0 Å². The van der Waals surface area contributed by atoms with Crippen LogP contribution in [-0.4, -0.2) is 30.8 Å². The molecule has 0 radical (unpaired) electrons. The lowest BCUT2D eigenvalue weighted by atomic mass is 10.1. The smallest absolute Gasteiger partial charge is 0.257 e. The van der Waals surface area contributed by atoms with Gasteiger partial charge >= 0.3 is 0 Å². The van der Waals surface area contributed by atoms with Gasteiger partial charge < -0.3 is 15.2 Å². The maximum Gasteiger partial charge on any atom is 0.257 e. The first-order valence-electron chi connectivity index (χ1n) is 7.21. The molecule has 2 N–H and O–H groups in total. The second kappa shape index (κ2) is 9.37. The van der Waals surface area contributed by atoms with E-state index < -0.39 is 0 Å². The molecule has 0 saturated carbocycles. The molecule has 0 heterocycles. The van der Waals surface area contributed by atoms with Gasteiger partial charge in [-0.15, -0.1) is 0 Å². The van der Waals surface area contributed by atoms with E-state index in [0.29, 0.717) is 6.54 Å². The van der Waals surface area contributed by atoms with E-state index in [1.54, 1.807) is 0 Å². The molecule has 0 fully saturated rings. The lowest BCUT2D eigenvalue weighted by Crippen LogP contribution is -2.29. The molecule has 1 rings (SSSR count). The number of ether oxygens (including phenoxy) is 1. The van der Waals surface area contributed by atoms with Gasteiger partial charge in [-0.05, 0) is 43.9 Å². The van der Waals surface area contributed by atoms with Crippen LogP contribution in [-0.2, 0) is 4.79 Å². The van der Waals surface area contributed by atoms with Gasteiger partial charge in [-0.25, -0.2) is 0 Å².